The maximum atomic E-state index is 13.4. The summed E-state index contributed by atoms with van der Waals surface area (Å²) >= 11 is 0. The normalized spacial score (nSPS) is 12.8. The van der Waals surface area contributed by atoms with E-state index in [9.17, 15) is 22.4 Å². The number of carbonyl (C=O) groups excluding carboxylic acids is 1. The number of hydrogen-bond donors (Lipinski definition) is 3. The number of aromatic nitrogens is 5. The Balaban J connectivity index is 1.77. The molecule has 142 valence electrons. The Morgan fingerprint density at radius 2 is 2.07 bits per heavy atom. The van der Waals surface area contributed by atoms with E-state index in [0.717, 1.165) is 12.5 Å². The summed E-state index contributed by atoms with van der Waals surface area (Å²) in [7, 11) is 0. The van der Waals surface area contributed by atoms with Crippen LogP contribution in [0.2, 0.25) is 0 Å². The van der Waals surface area contributed by atoms with Crippen LogP contribution in [-0.2, 0) is 4.79 Å². The molecule has 0 unspecified atom stereocenters. The van der Waals surface area contributed by atoms with Crippen molar-refractivity contribution in [2.45, 2.75) is 19.1 Å². The minimum Gasteiger partial charge on any atom is -0.345 e. The van der Waals surface area contributed by atoms with Gasteiger partial charge in [0.15, 0.2) is 5.82 Å². The molecular weight excluding hydrogens is 370 g/mol. The van der Waals surface area contributed by atoms with Crippen LogP contribution < -0.4 is 10.6 Å². The van der Waals surface area contributed by atoms with Crippen molar-refractivity contribution in [3.8, 4) is 11.4 Å². The molecule has 0 saturated heterocycles. The molecule has 1 amide bonds. The second-order valence-electron chi connectivity index (χ2n) is 5.58. The summed E-state index contributed by atoms with van der Waals surface area (Å²) in [5, 5.41) is 4.81. The highest BCUT2D eigenvalue weighted by molar-refractivity contribution is 5.91. The lowest BCUT2D eigenvalue weighted by molar-refractivity contribution is -0.138. The molecule has 0 aromatic carbocycles. The highest BCUT2D eigenvalue weighted by Gasteiger charge is 2.28. The third kappa shape index (κ3) is 4.46. The molecule has 3 N–H and O–H groups in total. The van der Waals surface area contributed by atoms with E-state index < -0.39 is 30.5 Å². The van der Waals surface area contributed by atoms with Gasteiger partial charge in [-0.25, -0.2) is 19.3 Å². The van der Waals surface area contributed by atoms with Gasteiger partial charge in [0.05, 0.1) is 6.20 Å². The van der Waals surface area contributed by atoms with Gasteiger partial charge in [-0.3, -0.25) is 4.79 Å². The molecule has 0 fully saturated rings. The molecule has 3 aromatic heterocycles. The Morgan fingerprint density at radius 1 is 1.30 bits per heavy atom. The summed E-state index contributed by atoms with van der Waals surface area (Å²) in [6.07, 6.45) is -0.745. The van der Waals surface area contributed by atoms with E-state index in [1.54, 1.807) is 5.32 Å². The van der Waals surface area contributed by atoms with Gasteiger partial charge in [-0.15, -0.1) is 0 Å². The van der Waals surface area contributed by atoms with Crippen molar-refractivity contribution in [1.82, 2.24) is 30.2 Å². The number of H-pyrrole nitrogens is 1. The summed E-state index contributed by atoms with van der Waals surface area (Å²) < 4.78 is 49.9. The lowest BCUT2D eigenvalue weighted by Gasteiger charge is -2.15. The minimum absolute atomic E-state index is 0.0200. The average molecular weight is 383 g/mol. The number of nitrogens with zero attached hydrogens (tertiary/aromatic N) is 4. The van der Waals surface area contributed by atoms with Gasteiger partial charge >= 0.3 is 6.18 Å². The standard InChI is InChI=1S/C15H13F4N7O/c1-7(13(27)22-5-15(17,18)19)25-14-24-6-23-12(26-14)10-4-21-11-9(10)2-8(16)3-20-11/h2-4,6-7H,5H2,1H3,(H,20,21)(H,22,27)(H,23,24,25,26)/t7-/m0/s1. The quantitative estimate of drug-likeness (QED) is 0.582. The zero-order valence-corrected chi connectivity index (χ0v) is 13.8. The second-order valence-corrected chi connectivity index (χ2v) is 5.58. The van der Waals surface area contributed by atoms with Gasteiger partial charge in [0.1, 0.15) is 30.4 Å². The molecule has 3 aromatic rings. The molecule has 0 aliphatic carbocycles. The van der Waals surface area contributed by atoms with E-state index in [2.05, 4.69) is 30.2 Å². The maximum absolute atomic E-state index is 13.4. The fraction of sp³-hybridized carbons (Fsp3) is 0.267. The molecule has 3 heterocycles. The van der Waals surface area contributed by atoms with Crippen molar-refractivity contribution in [2.75, 3.05) is 11.9 Å². The van der Waals surface area contributed by atoms with Crippen LogP contribution in [-0.4, -0.2) is 49.6 Å². The van der Waals surface area contributed by atoms with Crippen molar-refractivity contribution in [2.24, 2.45) is 0 Å². The Hall–Kier alpha value is -3.31. The first-order valence-corrected chi connectivity index (χ1v) is 7.66. The number of alkyl halides is 3. The van der Waals surface area contributed by atoms with E-state index in [1.807, 2.05) is 0 Å². The number of carbonyl (C=O) groups is 1. The van der Waals surface area contributed by atoms with Crippen molar-refractivity contribution in [1.29, 1.82) is 0 Å². The molecule has 1 atom stereocenters. The lowest BCUT2D eigenvalue weighted by Crippen LogP contribution is -2.42. The second kappa shape index (κ2) is 7.13. The topological polar surface area (TPSA) is 108 Å². The Labute approximate surface area is 149 Å². The molecule has 27 heavy (non-hydrogen) atoms. The number of anilines is 1. The van der Waals surface area contributed by atoms with Crippen LogP contribution in [0.15, 0.2) is 24.8 Å². The lowest BCUT2D eigenvalue weighted by atomic mass is 10.2. The van der Waals surface area contributed by atoms with Crippen LogP contribution in [0.4, 0.5) is 23.5 Å². The van der Waals surface area contributed by atoms with Gasteiger partial charge in [0.2, 0.25) is 11.9 Å². The molecule has 0 radical (unpaired) electrons. The first kappa shape index (κ1) is 18.5. The number of fused-ring (bicyclic) bond motifs is 1. The summed E-state index contributed by atoms with van der Waals surface area (Å²) in [5.41, 5.74) is 0.887. The summed E-state index contributed by atoms with van der Waals surface area (Å²) in [4.78, 5) is 30.4. The van der Waals surface area contributed by atoms with Gasteiger partial charge in [-0.2, -0.15) is 18.2 Å². The molecule has 0 aliphatic rings. The van der Waals surface area contributed by atoms with E-state index in [4.69, 9.17) is 0 Å². The number of rotatable bonds is 5. The van der Waals surface area contributed by atoms with Gasteiger partial charge < -0.3 is 15.6 Å². The van der Waals surface area contributed by atoms with Crippen molar-refractivity contribution < 1.29 is 22.4 Å². The molecule has 0 spiro atoms. The highest BCUT2D eigenvalue weighted by Crippen LogP contribution is 2.25. The first-order chi connectivity index (χ1) is 12.7. The zero-order chi connectivity index (χ0) is 19.6. The van der Waals surface area contributed by atoms with Crippen LogP contribution in [0.3, 0.4) is 0 Å². The molecule has 3 rings (SSSR count). The van der Waals surface area contributed by atoms with E-state index in [0.29, 0.717) is 16.6 Å². The number of nitrogens with one attached hydrogen (secondary N) is 3. The van der Waals surface area contributed by atoms with Crippen LogP contribution in [0.1, 0.15) is 6.92 Å². The Kier molecular flexibility index (Phi) is 4.88. The van der Waals surface area contributed by atoms with Crippen molar-refractivity contribution in [3.05, 3.63) is 30.6 Å². The van der Waals surface area contributed by atoms with E-state index in [1.165, 1.54) is 19.2 Å². The van der Waals surface area contributed by atoms with Crippen LogP contribution in [0, 0.1) is 5.82 Å². The van der Waals surface area contributed by atoms with Gasteiger partial charge in [0, 0.05) is 17.1 Å². The Morgan fingerprint density at radius 3 is 2.81 bits per heavy atom. The minimum atomic E-state index is -4.51. The summed E-state index contributed by atoms with van der Waals surface area (Å²) in [6, 6.07) is 0.239. The SMILES string of the molecule is C[C@H](Nc1ncnc(-c2c[nH]c3ncc(F)cc23)n1)C(=O)NCC(F)(F)F. The van der Waals surface area contributed by atoms with Crippen LogP contribution >= 0.6 is 0 Å². The van der Waals surface area contributed by atoms with Gasteiger partial charge in [0.25, 0.3) is 0 Å². The molecule has 0 bridgehead atoms. The molecule has 12 heteroatoms. The monoisotopic (exact) mass is 383 g/mol. The largest absolute Gasteiger partial charge is 0.405 e. The number of aromatic amines is 1. The number of pyridine rings is 1. The van der Waals surface area contributed by atoms with Crippen LogP contribution in [0.5, 0.6) is 0 Å². The zero-order valence-electron chi connectivity index (χ0n) is 13.8. The first-order valence-electron chi connectivity index (χ1n) is 7.66. The van der Waals surface area contributed by atoms with Crippen molar-refractivity contribution in [3.63, 3.8) is 0 Å². The van der Waals surface area contributed by atoms with E-state index in [-0.39, 0.29) is 11.8 Å². The molecule has 0 aliphatic heterocycles. The molecule has 0 saturated carbocycles. The third-order valence-electron chi connectivity index (χ3n) is 3.51. The van der Waals surface area contributed by atoms with E-state index >= 15 is 0 Å². The smallest absolute Gasteiger partial charge is 0.345 e. The van der Waals surface area contributed by atoms with Crippen LogP contribution in [0.25, 0.3) is 22.4 Å². The predicted molar refractivity (Wildman–Crippen MR) is 87.0 cm³/mol. The average Bonchev–Trinajstić information content (AvgIpc) is 3.02. The summed E-state index contributed by atoms with van der Waals surface area (Å²) in [5.74, 6) is -1.25. The highest BCUT2D eigenvalue weighted by atomic mass is 19.4. The fourth-order valence-corrected chi connectivity index (χ4v) is 2.26. The van der Waals surface area contributed by atoms with Gasteiger partial charge in [-0.1, -0.05) is 0 Å². The summed E-state index contributed by atoms with van der Waals surface area (Å²) in [6.45, 7) is -0.0750. The molecular formula is C15H13F4N7O. The number of amides is 1. The maximum Gasteiger partial charge on any atom is 0.405 e. The number of hydrogen-bond acceptors (Lipinski definition) is 6. The van der Waals surface area contributed by atoms with Gasteiger partial charge in [-0.05, 0) is 13.0 Å². The predicted octanol–water partition coefficient (Wildman–Crippen LogP) is 2.03. The number of halogens is 4. The molecule has 8 nitrogen and oxygen atoms in total. The van der Waals surface area contributed by atoms with Crippen molar-refractivity contribution >= 4 is 22.9 Å². The third-order valence-corrected chi connectivity index (χ3v) is 3.51. The Bertz CT molecular complexity index is 972. The fourth-order valence-electron chi connectivity index (χ4n) is 2.26.